The summed E-state index contributed by atoms with van der Waals surface area (Å²) in [5, 5.41) is 10.2. The maximum Gasteiger partial charge on any atom is 0.288 e. The monoisotopic (exact) mass is 170 g/mol. The first-order chi connectivity index (χ1) is 5.24. The summed E-state index contributed by atoms with van der Waals surface area (Å²) in [6.45, 7) is 0. The van der Waals surface area contributed by atoms with Crippen molar-refractivity contribution in [1.29, 1.82) is 0 Å². The minimum Gasteiger partial charge on any atom is -0.258 e. The average Bonchev–Trinajstić information content (AvgIpc) is 2.05. The van der Waals surface area contributed by atoms with Crippen LogP contribution in [0.4, 0.5) is 5.69 Å². The Morgan fingerprint density at radius 1 is 1.64 bits per heavy atom. The van der Waals surface area contributed by atoms with Crippen LogP contribution < -0.4 is 0 Å². The van der Waals surface area contributed by atoms with Gasteiger partial charge in [-0.15, -0.1) is 11.8 Å². The molecule has 5 heteroatoms. The van der Waals surface area contributed by atoms with E-state index in [0.29, 0.717) is 0 Å². The molecule has 0 amide bonds. The molecule has 0 saturated carbocycles. The van der Waals surface area contributed by atoms with Crippen molar-refractivity contribution in [3.63, 3.8) is 0 Å². The summed E-state index contributed by atoms with van der Waals surface area (Å²) in [6, 6.07) is 1.50. The molecule has 0 unspecified atom stereocenters. The van der Waals surface area contributed by atoms with Crippen molar-refractivity contribution >= 4 is 17.4 Å². The van der Waals surface area contributed by atoms with Crippen molar-refractivity contribution in [2.45, 2.75) is 4.90 Å². The highest BCUT2D eigenvalue weighted by molar-refractivity contribution is 7.98. The van der Waals surface area contributed by atoms with Gasteiger partial charge in [0.15, 0.2) is 0 Å². The lowest BCUT2D eigenvalue weighted by Crippen LogP contribution is -1.88. The average molecular weight is 170 g/mol. The van der Waals surface area contributed by atoms with Crippen molar-refractivity contribution in [2.24, 2.45) is 0 Å². The molecule has 0 radical (unpaired) electrons. The van der Waals surface area contributed by atoms with E-state index < -0.39 is 4.92 Å². The Labute approximate surface area is 67.8 Å². The predicted octanol–water partition coefficient (Wildman–Crippen LogP) is 1.71. The number of hydrogen-bond donors (Lipinski definition) is 0. The Balaban J connectivity index is 3.01. The molecule has 1 aromatic heterocycles. The van der Waals surface area contributed by atoms with Gasteiger partial charge in [-0.25, -0.2) is 0 Å². The predicted molar refractivity (Wildman–Crippen MR) is 42.7 cm³/mol. The fraction of sp³-hybridized carbons (Fsp3) is 0.167. The first-order valence-electron chi connectivity index (χ1n) is 2.87. The van der Waals surface area contributed by atoms with Crippen LogP contribution in [0, 0.1) is 10.1 Å². The third kappa shape index (κ3) is 1.91. The molecule has 0 atom stereocenters. The SMILES string of the molecule is CSc1cncc([N+](=O)[O-])c1. The summed E-state index contributed by atoms with van der Waals surface area (Å²) >= 11 is 1.43. The molecule has 0 spiro atoms. The second-order valence-corrected chi connectivity index (χ2v) is 2.72. The smallest absolute Gasteiger partial charge is 0.258 e. The lowest BCUT2D eigenvalue weighted by molar-refractivity contribution is -0.385. The van der Waals surface area contributed by atoms with Gasteiger partial charge in [0.05, 0.1) is 4.92 Å². The van der Waals surface area contributed by atoms with Gasteiger partial charge in [0.25, 0.3) is 5.69 Å². The zero-order valence-electron chi connectivity index (χ0n) is 5.85. The van der Waals surface area contributed by atoms with E-state index in [0.717, 1.165) is 4.90 Å². The van der Waals surface area contributed by atoms with E-state index in [-0.39, 0.29) is 5.69 Å². The molecule has 0 bridgehead atoms. The lowest BCUT2D eigenvalue weighted by Gasteiger charge is -1.93. The van der Waals surface area contributed by atoms with Crippen LogP contribution in [0.1, 0.15) is 0 Å². The molecular formula is C6H6N2O2S. The summed E-state index contributed by atoms with van der Waals surface area (Å²) in [4.78, 5) is 14.3. The van der Waals surface area contributed by atoms with Crippen LogP contribution in [0.5, 0.6) is 0 Å². The van der Waals surface area contributed by atoms with Crippen LogP contribution in [-0.4, -0.2) is 16.2 Å². The van der Waals surface area contributed by atoms with Gasteiger partial charge >= 0.3 is 0 Å². The van der Waals surface area contributed by atoms with Crippen LogP contribution in [0.25, 0.3) is 0 Å². The van der Waals surface area contributed by atoms with Gasteiger partial charge in [0, 0.05) is 17.2 Å². The Morgan fingerprint density at radius 3 is 2.91 bits per heavy atom. The van der Waals surface area contributed by atoms with Crippen LogP contribution in [0.3, 0.4) is 0 Å². The van der Waals surface area contributed by atoms with Crippen molar-refractivity contribution in [1.82, 2.24) is 4.98 Å². The highest BCUT2D eigenvalue weighted by atomic mass is 32.2. The van der Waals surface area contributed by atoms with Gasteiger partial charge in [0.1, 0.15) is 6.20 Å². The Bertz CT molecular complexity index is 277. The van der Waals surface area contributed by atoms with Crippen LogP contribution >= 0.6 is 11.8 Å². The summed E-state index contributed by atoms with van der Waals surface area (Å²) in [7, 11) is 0. The second kappa shape index (κ2) is 3.34. The quantitative estimate of drug-likeness (QED) is 0.385. The minimum absolute atomic E-state index is 0.0388. The number of nitrogens with zero attached hydrogens (tertiary/aromatic N) is 2. The summed E-state index contributed by atoms with van der Waals surface area (Å²) < 4.78 is 0. The lowest BCUT2D eigenvalue weighted by atomic mass is 10.4. The van der Waals surface area contributed by atoms with Crippen molar-refractivity contribution < 1.29 is 4.92 Å². The molecule has 1 heterocycles. The van der Waals surface area contributed by atoms with E-state index in [1.54, 1.807) is 6.20 Å². The molecule has 1 rings (SSSR count). The summed E-state index contributed by atoms with van der Waals surface area (Å²) in [5.41, 5.74) is 0.0388. The van der Waals surface area contributed by atoms with Crippen molar-refractivity contribution in [3.05, 3.63) is 28.6 Å². The molecule has 58 valence electrons. The molecular weight excluding hydrogens is 164 g/mol. The molecule has 0 aromatic carbocycles. The van der Waals surface area contributed by atoms with Crippen LogP contribution in [-0.2, 0) is 0 Å². The standard InChI is InChI=1S/C6H6N2O2S/c1-11-6-2-5(8(9)10)3-7-4-6/h2-4H,1H3. The van der Waals surface area contributed by atoms with Gasteiger partial charge in [-0.1, -0.05) is 0 Å². The first-order valence-corrected chi connectivity index (χ1v) is 4.10. The maximum absolute atomic E-state index is 10.2. The van der Waals surface area contributed by atoms with E-state index in [1.165, 1.54) is 24.0 Å². The van der Waals surface area contributed by atoms with E-state index in [1.807, 2.05) is 6.26 Å². The molecule has 0 saturated heterocycles. The molecule has 0 fully saturated rings. The molecule has 1 aromatic rings. The highest BCUT2D eigenvalue weighted by Gasteiger charge is 2.04. The molecule has 0 aliphatic carbocycles. The van der Waals surface area contributed by atoms with Gasteiger partial charge in [-0.05, 0) is 6.26 Å². The summed E-state index contributed by atoms with van der Waals surface area (Å²) in [6.07, 6.45) is 4.68. The van der Waals surface area contributed by atoms with Crippen LogP contribution in [0.2, 0.25) is 0 Å². The van der Waals surface area contributed by atoms with Crippen molar-refractivity contribution in [3.8, 4) is 0 Å². The summed E-state index contributed by atoms with van der Waals surface area (Å²) in [5.74, 6) is 0. The Hall–Kier alpha value is -1.10. The second-order valence-electron chi connectivity index (χ2n) is 1.84. The molecule has 4 nitrogen and oxygen atoms in total. The maximum atomic E-state index is 10.2. The zero-order valence-corrected chi connectivity index (χ0v) is 6.67. The third-order valence-corrected chi connectivity index (χ3v) is 1.84. The van der Waals surface area contributed by atoms with E-state index in [2.05, 4.69) is 4.98 Å². The Kier molecular flexibility index (Phi) is 2.43. The number of rotatable bonds is 2. The van der Waals surface area contributed by atoms with Gasteiger partial charge in [-0.3, -0.25) is 15.1 Å². The van der Waals surface area contributed by atoms with E-state index >= 15 is 0 Å². The fourth-order valence-corrected chi connectivity index (χ4v) is 1.02. The minimum atomic E-state index is -0.452. The number of aromatic nitrogens is 1. The van der Waals surface area contributed by atoms with Gasteiger partial charge in [0.2, 0.25) is 0 Å². The number of pyridine rings is 1. The molecule has 0 aliphatic rings. The fourth-order valence-electron chi connectivity index (χ4n) is 0.619. The highest BCUT2D eigenvalue weighted by Crippen LogP contribution is 2.18. The number of nitro groups is 1. The first kappa shape index (κ1) is 8.00. The van der Waals surface area contributed by atoms with E-state index in [4.69, 9.17) is 0 Å². The van der Waals surface area contributed by atoms with Gasteiger partial charge in [-0.2, -0.15) is 0 Å². The zero-order chi connectivity index (χ0) is 8.27. The van der Waals surface area contributed by atoms with Crippen LogP contribution in [0.15, 0.2) is 23.4 Å². The normalized spacial score (nSPS) is 9.55. The van der Waals surface area contributed by atoms with E-state index in [9.17, 15) is 10.1 Å². The van der Waals surface area contributed by atoms with Crippen molar-refractivity contribution in [2.75, 3.05) is 6.26 Å². The number of hydrogen-bond acceptors (Lipinski definition) is 4. The number of thioether (sulfide) groups is 1. The third-order valence-electron chi connectivity index (χ3n) is 1.15. The molecule has 0 aliphatic heterocycles. The molecule has 11 heavy (non-hydrogen) atoms. The molecule has 0 N–H and O–H groups in total. The van der Waals surface area contributed by atoms with Gasteiger partial charge < -0.3 is 0 Å². The Morgan fingerprint density at radius 2 is 2.36 bits per heavy atom. The largest absolute Gasteiger partial charge is 0.288 e. The topological polar surface area (TPSA) is 56.0 Å².